The average molecular weight is 487 g/mol. The summed E-state index contributed by atoms with van der Waals surface area (Å²) in [6.07, 6.45) is 2.17. The first kappa shape index (κ1) is 25.9. The zero-order chi connectivity index (χ0) is 23.9. The molecule has 3 aromatic rings. The van der Waals surface area contributed by atoms with Crippen LogP contribution in [-0.2, 0) is 6.54 Å². The number of hydrogen-bond donors (Lipinski definition) is 2. The molecule has 6 heteroatoms. The third kappa shape index (κ3) is 6.65. The normalized spacial score (nSPS) is 12.3. The summed E-state index contributed by atoms with van der Waals surface area (Å²) >= 11 is 0. The van der Waals surface area contributed by atoms with Crippen molar-refractivity contribution in [2.75, 3.05) is 24.5 Å². The Labute approximate surface area is 213 Å². The van der Waals surface area contributed by atoms with Gasteiger partial charge in [0.25, 0.3) is 5.91 Å². The molecular weight excluding hydrogens is 456 g/mol. The highest BCUT2D eigenvalue weighted by Gasteiger charge is 2.20. The highest BCUT2D eigenvalue weighted by Crippen LogP contribution is 2.20. The molecule has 1 saturated heterocycles. The summed E-state index contributed by atoms with van der Waals surface area (Å²) in [4.78, 5) is 16.9. The number of nitrogens with one attached hydrogen (secondary N) is 1. The molecule has 5 nitrogen and oxygen atoms in total. The van der Waals surface area contributed by atoms with Crippen molar-refractivity contribution in [3.8, 4) is 11.8 Å². The molecule has 0 saturated carbocycles. The van der Waals surface area contributed by atoms with Crippen molar-refractivity contribution in [2.45, 2.75) is 26.3 Å². The predicted molar refractivity (Wildman–Crippen MR) is 145 cm³/mol. The number of rotatable bonds is 6. The van der Waals surface area contributed by atoms with Crippen LogP contribution in [0.3, 0.4) is 0 Å². The summed E-state index contributed by atoms with van der Waals surface area (Å²) in [7, 11) is 0. The van der Waals surface area contributed by atoms with Gasteiger partial charge in [-0.2, -0.15) is 0 Å². The third-order valence-corrected chi connectivity index (χ3v) is 6.09. The molecule has 1 heterocycles. The van der Waals surface area contributed by atoms with Crippen molar-refractivity contribution in [2.24, 2.45) is 5.73 Å². The number of nitrogens with two attached hydrogens (primary N) is 1. The number of halogens is 1. The summed E-state index contributed by atoms with van der Waals surface area (Å²) in [5.74, 6) is 6.72. The second kappa shape index (κ2) is 12.1. The molecule has 0 spiro atoms. The van der Waals surface area contributed by atoms with E-state index in [-0.39, 0.29) is 24.1 Å². The van der Waals surface area contributed by atoms with Crippen LogP contribution in [0, 0.1) is 24.2 Å². The van der Waals surface area contributed by atoms with Crippen LogP contribution in [0.25, 0.3) is 0 Å². The summed E-state index contributed by atoms with van der Waals surface area (Å²) in [6, 6.07) is 23.8. The fourth-order valence-corrected chi connectivity index (χ4v) is 4.22. The number of amidine groups is 1. The number of carbonyl (C=O) groups is 1. The number of carbonyl (C=O) groups excluding carboxylic acids is 1. The number of nitrogens with zero attached hydrogens (tertiary/aromatic N) is 2. The molecule has 1 aliphatic rings. The zero-order valence-corrected chi connectivity index (χ0v) is 20.8. The van der Waals surface area contributed by atoms with E-state index in [0.29, 0.717) is 18.7 Å². The molecule has 0 unspecified atom stereocenters. The quantitative estimate of drug-likeness (QED) is 0.292. The average Bonchev–Trinajstić information content (AvgIpc) is 3.39. The number of hydrogen-bond acceptors (Lipinski definition) is 3. The Morgan fingerprint density at radius 1 is 1.03 bits per heavy atom. The van der Waals surface area contributed by atoms with Gasteiger partial charge in [0, 0.05) is 42.0 Å². The van der Waals surface area contributed by atoms with E-state index in [9.17, 15) is 4.79 Å². The van der Waals surface area contributed by atoms with Crippen LogP contribution in [0.4, 0.5) is 5.69 Å². The van der Waals surface area contributed by atoms with Gasteiger partial charge in [-0.25, -0.2) is 0 Å². The Hall–Kier alpha value is -3.75. The molecule has 1 fully saturated rings. The first-order valence-corrected chi connectivity index (χ1v) is 11.6. The largest absolute Gasteiger partial charge is 0.384 e. The minimum absolute atomic E-state index is 0. The molecule has 1 amide bonds. The van der Waals surface area contributed by atoms with Gasteiger partial charge < -0.3 is 15.5 Å². The van der Waals surface area contributed by atoms with Crippen molar-refractivity contribution < 1.29 is 4.79 Å². The lowest BCUT2D eigenvalue weighted by Crippen LogP contribution is -2.28. The molecule has 0 radical (unpaired) electrons. The molecule has 0 bridgehead atoms. The van der Waals surface area contributed by atoms with Crippen molar-refractivity contribution in [3.63, 3.8) is 0 Å². The van der Waals surface area contributed by atoms with E-state index in [4.69, 9.17) is 11.1 Å². The fraction of sp³-hybridized carbons (Fsp3) is 0.241. The second-order valence-corrected chi connectivity index (χ2v) is 8.64. The molecule has 3 N–H and O–H groups in total. The Balaban J connectivity index is 0.00000342. The zero-order valence-electron chi connectivity index (χ0n) is 20.0. The summed E-state index contributed by atoms with van der Waals surface area (Å²) in [5.41, 5.74) is 11.2. The van der Waals surface area contributed by atoms with Crippen molar-refractivity contribution >= 4 is 29.8 Å². The minimum Gasteiger partial charge on any atom is -0.384 e. The van der Waals surface area contributed by atoms with E-state index in [0.717, 1.165) is 48.3 Å². The molecule has 1 aliphatic heterocycles. The van der Waals surface area contributed by atoms with Crippen LogP contribution < -0.4 is 10.6 Å². The van der Waals surface area contributed by atoms with Crippen LogP contribution in [0.1, 0.15) is 45.5 Å². The van der Waals surface area contributed by atoms with E-state index in [1.807, 2.05) is 72.5 Å². The first-order valence-electron chi connectivity index (χ1n) is 11.6. The highest BCUT2D eigenvalue weighted by atomic mass is 35.5. The van der Waals surface area contributed by atoms with Gasteiger partial charge in [0.15, 0.2) is 0 Å². The minimum atomic E-state index is 0. The number of likely N-dealkylation sites (tertiary alicyclic amines) is 1. The van der Waals surface area contributed by atoms with Crippen molar-refractivity contribution in [1.29, 1.82) is 5.41 Å². The topological polar surface area (TPSA) is 73.4 Å². The van der Waals surface area contributed by atoms with Gasteiger partial charge in [-0.05, 0) is 61.2 Å². The standard InChI is InChI=1S/C29H30N4O.ClH/c1-22-19-23(14-15-27(22)29(34)32-16-5-6-17-32)11-8-18-33(21-24-9-3-2-4-10-24)26-13-7-12-25(20-26)28(30)31;/h2-4,7,9-10,12-15,19-20H,5-6,16-18,21H2,1H3,(H3,30,31);1H. The van der Waals surface area contributed by atoms with Crippen LogP contribution in [0.5, 0.6) is 0 Å². The highest BCUT2D eigenvalue weighted by molar-refractivity contribution is 5.96. The summed E-state index contributed by atoms with van der Waals surface area (Å²) in [6.45, 7) is 4.89. The van der Waals surface area contributed by atoms with Gasteiger partial charge in [0.2, 0.25) is 0 Å². The molecule has 180 valence electrons. The monoisotopic (exact) mass is 486 g/mol. The molecule has 35 heavy (non-hydrogen) atoms. The maximum Gasteiger partial charge on any atom is 0.254 e. The van der Waals surface area contributed by atoms with E-state index in [1.165, 1.54) is 5.56 Å². The lowest BCUT2D eigenvalue weighted by Gasteiger charge is -2.23. The molecule has 0 aliphatic carbocycles. The number of amides is 1. The summed E-state index contributed by atoms with van der Waals surface area (Å²) in [5, 5.41) is 7.77. The van der Waals surface area contributed by atoms with Gasteiger partial charge in [0.1, 0.15) is 5.84 Å². The molecule has 0 aromatic heterocycles. The molecular formula is C29H31ClN4O. The van der Waals surface area contributed by atoms with E-state index >= 15 is 0 Å². The lowest BCUT2D eigenvalue weighted by molar-refractivity contribution is 0.0792. The fourth-order valence-electron chi connectivity index (χ4n) is 4.22. The van der Waals surface area contributed by atoms with E-state index in [2.05, 4.69) is 28.9 Å². The Kier molecular flexibility index (Phi) is 8.94. The second-order valence-electron chi connectivity index (χ2n) is 8.64. The Morgan fingerprint density at radius 3 is 2.46 bits per heavy atom. The molecule has 4 rings (SSSR count). The summed E-state index contributed by atoms with van der Waals surface area (Å²) < 4.78 is 0. The Bertz CT molecular complexity index is 1240. The van der Waals surface area contributed by atoms with Gasteiger partial charge >= 0.3 is 0 Å². The molecule has 0 atom stereocenters. The maximum atomic E-state index is 12.7. The first-order chi connectivity index (χ1) is 16.5. The number of benzene rings is 3. The Morgan fingerprint density at radius 2 is 1.77 bits per heavy atom. The van der Waals surface area contributed by atoms with Gasteiger partial charge in [-0.1, -0.05) is 54.3 Å². The lowest BCUT2D eigenvalue weighted by atomic mass is 10.0. The number of aryl methyl sites for hydroxylation is 1. The van der Waals surface area contributed by atoms with Crippen molar-refractivity contribution in [1.82, 2.24) is 4.90 Å². The third-order valence-electron chi connectivity index (χ3n) is 6.09. The van der Waals surface area contributed by atoms with Gasteiger partial charge in [-0.15, -0.1) is 12.4 Å². The van der Waals surface area contributed by atoms with Crippen LogP contribution in [-0.4, -0.2) is 36.3 Å². The number of nitrogen functional groups attached to an aromatic ring is 1. The SMILES string of the molecule is Cc1cc(C#CCN(Cc2ccccc2)c2cccc(C(=N)N)c2)ccc1C(=O)N1CCCC1.Cl. The van der Waals surface area contributed by atoms with Crippen LogP contribution in [0.2, 0.25) is 0 Å². The van der Waals surface area contributed by atoms with E-state index < -0.39 is 0 Å². The van der Waals surface area contributed by atoms with Crippen molar-refractivity contribution in [3.05, 3.63) is 101 Å². The van der Waals surface area contributed by atoms with Crippen LogP contribution >= 0.6 is 12.4 Å². The van der Waals surface area contributed by atoms with Crippen LogP contribution in [0.15, 0.2) is 72.8 Å². The predicted octanol–water partition coefficient (Wildman–Crippen LogP) is 5.00. The maximum absolute atomic E-state index is 12.7. The molecule has 3 aromatic carbocycles. The number of anilines is 1. The van der Waals surface area contributed by atoms with Gasteiger partial charge in [-0.3, -0.25) is 10.2 Å². The van der Waals surface area contributed by atoms with E-state index in [1.54, 1.807) is 0 Å². The smallest absolute Gasteiger partial charge is 0.254 e. The van der Waals surface area contributed by atoms with Gasteiger partial charge in [0.05, 0.1) is 6.54 Å².